The van der Waals surface area contributed by atoms with Crippen molar-refractivity contribution in [3.63, 3.8) is 0 Å². The number of hydrogen-bond donors (Lipinski definition) is 0. The maximum atomic E-state index is 6.01. The SMILES string of the molecule is Clc1nc2cccnc2n1C1CC1. The molecule has 1 fully saturated rings. The maximum absolute atomic E-state index is 6.01. The Morgan fingerprint density at radius 2 is 2.31 bits per heavy atom. The molecule has 0 bridgehead atoms. The highest BCUT2D eigenvalue weighted by atomic mass is 35.5. The Balaban J connectivity index is 2.35. The van der Waals surface area contributed by atoms with Crippen LogP contribution >= 0.6 is 11.6 Å². The monoisotopic (exact) mass is 193 g/mol. The Hall–Kier alpha value is -1.09. The van der Waals surface area contributed by atoms with Gasteiger partial charge in [-0.3, -0.25) is 4.57 Å². The van der Waals surface area contributed by atoms with Gasteiger partial charge in [-0.15, -0.1) is 0 Å². The molecule has 4 heteroatoms. The third-order valence-corrected chi connectivity index (χ3v) is 2.58. The van der Waals surface area contributed by atoms with E-state index in [-0.39, 0.29) is 0 Å². The van der Waals surface area contributed by atoms with E-state index in [0.717, 1.165) is 11.2 Å². The van der Waals surface area contributed by atoms with Crippen LogP contribution in [0.3, 0.4) is 0 Å². The van der Waals surface area contributed by atoms with E-state index in [1.54, 1.807) is 6.20 Å². The van der Waals surface area contributed by atoms with Crippen LogP contribution in [0, 0.1) is 0 Å². The van der Waals surface area contributed by atoms with E-state index in [4.69, 9.17) is 11.6 Å². The third-order valence-electron chi connectivity index (χ3n) is 2.32. The first kappa shape index (κ1) is 7.33. The van der Waals surface area contributed by atoms with Gasteiger partial charge in [0, 0.05) is 12.2 Å². The van der Waals surface area contributed by atoms with Crippen molar-refractivity contribution in [2.75, 3.05) is 0 Å². The fraction of sp³-hybridized carbons (Fsp3) is 0.333. The Morgan fingerprint density at radius 3 is 3.08 bits per heavy atom. The minimum atomic E-state index is 0.535. The van der Waals surface area contributed by atoms with Gasteiger partial charge in [0.2, 0.25) is 5.28 Å². The summed E-state index contributed by atoms with van der Waals surface area (Å²) in [6.45, 7) is 0. The molecular weight excluding hydrogens is 186 g/mol. The summed E-state index contributed by atoms with van der Waals surface area (Å²) < 4.78 is 2.02. The normalized spacial score (nSPS) is 16.7. The van der Waals surface area contributed by atoms with E-state index in [2.05, 4.69) is 9.97 Å². The van der Waals surface area contributed by atoms with Crippen molar-refractivity contribution >= 4 is 22.8 Å². The Labute approximate surface area is 80.4 Å². The van der Waals surface area contributed by atoms with E-state index in [1.165, 1.54) is 12.8 Å². The van der Waals surface area contributed by atoms with Crippen molar-refractivity contribution in [1.29, 1.82) is 0 Å². The number of nitrogens with zero attached hydrogens (tertiary/aromatic N) is 3. The van der Waals surface area contributed by atoms with Crippen LogP contribution in [0.5, 0.6) is 0 Å². The number of rotatable bonds is 1. The zero-order valence-corrected chi connectivity index (χ0v) is 7.70. The number of pyridine rings is 1. The minimum Gasteiger partial charge on any atom is -0.296 e. The van der Waals surface area contributed by atoms with E-state index in [9.17, 15) is 0 Å². The molecule has 3 rings (SSSR count). The van der Waals surface area contributed by atoms with Crippen LogP contribution in [0.15, 0.2) is 18.3 Å². The first-order chi connectivity index (χ1) is 6.36. The van der Waals surface area contributed by atoms with Crippen molar-refractivity contribution in [2.24, 2.45) is 0 Å². The second-order valence-corrected chi connectivity index (χ2v) is 3.67. The highest BCUT2D eigenvalue weighted by molar-refractivity contribution is 6.29. The van der Waals surface area contributed by atoms with Crippen molar-refractivity contribution in [1.82, 2.24) is 14.5 Å². The van der Waals surface area contributed by atoms with Crippen LogP contribution in [0.1, 0.15) is 18.9 Å². The summed E-state index contributed by atoms with van der Waals surface area (Å²) >= 11 is 6.01. The van der Waals surface area contributed by atoms with Crippen LogP contribution in [-0.2, 0) is 0 Å². The molecule has 0 aromatic carbocycles. The van der Waals surface area contributed by atoms with Crippen molar-refractivity contribution in [2.45, 2.75) is 18.9 Å². The third kappa shape index (κ3) is 1.04. The largest absolute Gasteiger partial charge is 0.296 e. The van der Waals surface area contributed by atoms with Crippen molar-refractivity contribution < 1.29 is 0 Å². The summed E-state index contributed by atoms with van der Waals surface area (Å²) in [7, 11) is 0. The highest BCUT2D eigenvalue weighted by Gasteiger charge is 2.27. The molecule has 1 aliphatic rings. The lowest BCUT2D eigenvalue weighted by Crippen LogP contribution is -1.94. The zero-order valence-electron chi connectivity index (χ0n) is 6.94. The molecule has 66 valence electrons. The Morgan fingerprint density at radius 1 is 1.46 bits per heavy atom. The lowest BCUT2D eigenvalue weighted by Gasteiger charge is -1.99. The zero-order chi connectivity index (χ0) is 8.84. The molecule has 1 saturated carbocycles. The van der Waals surface area contributed by atoms with Gasteiger partial charge in [0.25, 0.3) is 0 Å². The first-order valence-corrected chi connectivity index (χ1v) is 4.72. The summed E-state index contributed by atoms with van der Waals surface area (Å²) in [6.07, 6.45) is 4.17. The van der Waals surface area contributed by atoms with E-state index in [0.29, 0.717) is 11.3 Å². The molecule has 0 N–H and O–H groups in total. The van der Waals surface area contributed by atoms with Gasteiger partial charge < -0.3 is 0 Å². The average molecular weight is 194 g/mol. The first-order valence-electron chi connectivity index (χ1n) is 4.35. The molecule has 0 spiro atoms. The molecule has 1 aliphatic carbocycles. The molecule has 0 aliphatic heterocycles. The van der Waals surface area contributed by atoms with Gasteiger partial charge in [-0.05, 0) is 36.6 Å². The topological polar surface area (TPSA) is 30.7 Å². The molecule has 0 atom stereocenters. The van der Waals surface area contributed by atoms with E-state index >= 15 is 0 Å². The highest BCUT2D eigenvalue weighted by Crippen LogP contribution is 2.39. The maximum Gasteiger partial charge on any atom is 0.205 e. The lowest BCUT2D eigenvalue weighted by atomic mass is 10.4. The van der Waals surface area contributed by atoms with Crippen LogP contribution in [-0.4, -0.2) is 14.5 Å². The number of halogens is 1. The van der Waals surface area contributed by atoms with Gasteiger partial charge >= 0.3 is 0 Å². The quantitative estimate of drug-likeness (QED) is 0.697. The van der Waals surface area contributed by atoms with E-state index in [1.807, 2.05) is 16.7 Å². The van der Waals surface area contributed by atoms with Crippen LogP contribution in [0.2, 0.25) is 5.28 Å². The summed E-state index contributed by atoms with van der Waals surface area (Å²) in [5, 5.41) is 0.566. The Kier molecular flexibility index (Phi) is 1.38. The Bertz CT molecular complexity index is 459. The van der Waals surface area contributed by atoms with Gasteiger partial charge in [0.15, 0.2) is 5.65 Å². The molecule has 3 nitrogen and oxygen atoms in total. The molecule has 0 radical (unpaired) electrons. The second kappa shape index (κ2) is 2.45. The molecule has 2 aromatic heterocycles. The van der Waals surface area contributed by atoms with Gasteiger partial charge in [-0.1, -0.05) is 0 Å². The lowest BCUT2D eigenvalue weighted by molar-refractivity contribution is 0.758. The minimum absolute atomic E-state index is 0.535. The van der Waals surface area contributed by atoms with Crippen molar-refractivity contribution in [3.05, 3.63) is 23.6 Å². The average Bonchev–Trinajstić information content (AvgIpc) is 2.88. The number of aromatic nitrogens is 3. The van der Waals surface area contributed by atoms with Crippen LogP contribution in [0.25, 0.3) is 11.2 Å². The second-order valence-electron chi connectivity index (χ2n) is 3.33. The molecular formula is C9H8ClN3. The van der Waals surface area contributed by atoms with Gasteiger partial charge in [0.1, 0.15) is 5.52 Å². The van der Waals surface area contributed by atoms with Crippen LogP contribution < -0.4 is 0 Å². The molecule has 13 heavy (non-hydrogen) atoms. The molecule has 0 saturated heterocycles. The summed E-state index contributed by atoms with van der Waals surface area (Å²) in [5.41, 5.74) is 1.80. The molecule has 0 unspecified atom stereocenters. The number of imidazole rings is 1. The standard InChI is InChI=1S/C9H8ClN3/c10-9-12-7-2-1-5-11-8(7)13(9)6-3-4-6/h1-2,5-6H,3-4H2. The predicted molar refractivity (Wildman–Crippen MR) is 50.8 cm³/mol. The molecule has 2 heterocycles. The number of fused-ring (bicyclic) bond motifs is 1. The molecule has 0 amide bonds. The van der Waals surface area contributed by atoms with Gasteiger partial charge in [-0.2, -0.15) is 0 Å². The number of hydrogen-bond acceptors (Lipinski definition) is 2. The van der Waals surface area contributed by atoms with Gasteiger partial charge in [0.05, 0.1) is 0 Å². The van der Waals surface area contributed by atoms with Crippen LogP contribution in [0.4, 0.5) is 0 Å². The molecule has 2 aromatic rings. The summed E-state index contributed by atoms with van der Waals surface area (Å²) in [6, 6.07) is 4.35. The van der Waals surface area contributed by atoms with Crippen molar-refractivity contribution in [3.8, 4) is 0 Å². The fourth-order valence-corrected chi connectivity index (χ4v) is 1.87. The van der Waals surface area contributed by atoms with Gasteiger partial charge in [-0.25, -0.2) is 9.97 Å². The van der Waals surface area contributed by atoms with E-state index < -0.39 is 0 Å². The summed E-state index contributed by atoms with van der Waals surface area (Å²) in [5.74, 6) is 0. The summed E-state index contributed by atoms with van der Waals surface area (Å²) in [4.78, 5) is 8.52. The smallest absolute Gasteiger partial charge is 0.205 e. The fourth-order valence-electron chi connectivity index (χ4n) is 1.56. The predicted octanol–water partition coefficient (Wildman–Crippen LogP) is 2.42.